The molecule has 0 unspecified atom stereocenters. The highest BCUT2D eigenvalue weighted by atomic mass is 35.5. The highest BCUT2D eigenvalue weighted by Crippen LogP contribution is 2.40. The third-order valence-corrected chi connectivity index (χ3v) is 6.45. The summed E-state index contributed by atoms with van der Waals surface area (Å²) < 4.78 is 11.2. The first kappa shape index (κ1) is 23.1. The summed E-state index contributed by atoms with van der Waals surface area (Å²) in [7, 11) is 1.46. The molecule has 1 aliphatic heterocycles. The third kappa shape index (κ3) is 4.18. The van der Waals surface area contributed by atoms with Crippen LogP contribution in [0, 0.1) is 0 Å². The van der Waals surface area contributed by atoms with Gasteiger partial charge in [-0.2, -0.15) is 0 Å². The molecule has 1 atom stereocenters. The van der Waals surface area contributed by atoms with Crippen molar-refractivity contribution in [2.24, 2.45) is 0 Å². The van der Waals surface area contributed by atoms with Gasteiger partial charge in [-0.3, -0.25) is 9.59 Å². The van der Waals surface area contributed by atoms with Crippen molar-refractivity contribution in [3.8, 4) is 11.5 Å². The molecular formula is C25H27ClN2O5. The lowest BCUT2D eigenvalue weighted by Gasteiger charge is -2.27. The van der Waals surface area contributed by atoms with E-state index in [0.29, 0.717) is 28.1 Å². The van der Waals surface area contributed by atoms with Crippen molar-refractivity contribution in [2.45, 2.75) is 26.3 Å². The second kappa shape index (κ2) is 9.45. The number of nitrogens with zero attached hydrogens (tertiary/aromatic N) is 2. The van der Waals surface area contributed by atoms with Crippen molar-refractivity contribution >= 4 is 28.5 Å². The Kier molecular flexibility index (Phi) is 6.63. The molecule has 0 saturated heterocycles. The molecule has 3 aromatic rings. The van der Waals surface area contributed by atoms with Crippen molar-refractivity contribution in [1.82, 2.24) is 9.80 Å². The Morgan fingerprint density at radius 3 is 2.61 bits per heavy atom. The van der Waals surface area contributed by atoms with Crippen LogP contribution in [0.2, 0.25) is 5.02 Å². The highest BCUT2D eigenvalue weighted by Gasteiger charge is 2.42. The molecule has 1 aromatic heterocycles. The largest absolute Gasteiger partial charge is 0.504 e. The van der Waals surface area contributed by atoms with Crippen LogP contribution in [-0.2, 0) is 0 Å². The van der Waals surface area contributed by atoms with E-state index in [9.17, 15) is 14.7 Å². The van der Waals surface area contributed by atoms with Crippen molar-refractivity contribution < 1.29 is 19.1 Å². The molecular weight excluding hydrogens is 444 g/mol. The summed E-state index contributed by atoms with van der Waals surface area (Å²) in [5.41, 5.74) is 0.979. The van der Waals surface area contributed by atoms with Crippen LogP contribution < -0.4 is 10.2 Å². The van der Waals surface area contributed by atoms with E-state index in [4.69, 9.17) is 20.8 Å². The van der Waals surface area contributed by atoms with Crippen LogP contribution in [0.1, 0.15) is 48.0 Å². The Labute approximate surface area is 197 Å². The minimum atomic E-state index is -0.654. The van der Waals surface area contributed by atoms with Gasteiger partial charge in [0.15, 0.2) is 16.9 Å². The molecule has 0 aliphatic carbocycles. The van der Waals surface area contributed by atoms with Crippen molar-refractivity contribution in [3.63, 3.8) is 0 Å². The van der Waals surface area contributed by atoms with Gasteiger partial charge in [-0.25, -0.2) is 0 Å². The van der Waals surface area contributed by atoms with Crippen molar-refractivity contribution in [2.75, 3.05) is 33.3 Å². The lowest BCUT2D eigenvalue weighted by Crippen LogP contribution is -2.33. The molecule has 7 nitrogen and oxygen atoms in total. The third-order valence-electron chi connectivity index (χ3n) is 6.22. The number of phenolic OH excluding ortho intramolecular Hbond substituents is 1. The number of carbonyl (C=O) groups is 1. The van der Waals surface area contributed by atoms with Crippen molar-refractivity contribution in [3.05, 3.63) is 68.5 Å². The molecule has 8 heteroatoms. The molecule has 0 bridgehead atoms. The molecule has 1 N–H and O–H groups in total. The monoisotopic (exact) mass is 470 g/mol. The molecule has 0 radical (unpaired) electrons. The minimum Gasteiger partial charge on any atom is -0.504 e. The van der Waals surface area contributed by atoms with Gasteiger partial charge in [0.05, 0.1) is 24.1 Å². The zero-order valence-electron chi connectivity index (χ0n) is 18.9. The fourth-order valence-electron chi connectivity index (χ4n) is 4.44. The Morgan fingerprint density at radius 1 is 1.15 bits per heavy atom. The van der Waals surface area contributed by atoms with Crippen LogP contribution in [0.25, 0.3) is 11.0 Å². The molecule has 33 heavy (non-hydrogen) atoms. The Bertz CT molecular complexity index is 1250. The van der Waals surface area contributed by atoms with Gasteiger partial charge in [0.1, 0.15) is 5.58 Å². The van der Waals surface area contributed by atoms with E-state index in [-0.39, 0.29) is 34.2 Å². The molecule has 2 aromatic carbocycles. The van der Waals surface area contributed by atoms with Gasteiger partial charge < -0.3 is 24.1 Å². The number of carbonyl (C=O) groups excluding carboxylic acids is 1. The quantitative estimate of drug-likeness (QED) is 0.524. The number of ether oxygens (including phenoxy) is 1. The summed E-state index contributed by atoms with van der Waals surface area (Å²) in [4.78, 5) is 31.0. The number of fused-ring (bicyclic) bond motifs is 2. The van der Waals surface area contributed by atoms with Crippen LogP contribution in [0.3, 0.4) is 0 Å². The van der Waals surface area contributed by atoms with Gasteiger partial charge in [-0.05, 0) is 62.0 Å². The van der Waals surface area contributed by atoms with Crippen LogP contribution in [0.15, 0.2) is 45.6 Å². The molecule has 4 rings (SSSR count). The Balaban J connectivity index is 1.83. The molecule has 174 valence electrons. The van der Waals surface area contributed by atoms with E-state index in [1.54, 1.807) is 35.2 Å². The van der Waals surface area contributed by atoms with Crippen molar-refractivity contribution in [1.29, 1.82) is 0 Å². The molecule has 0 fully saturated rings. The lowest BCUT2D eigenvalue weighted by atomic mass is 9.98. The van der Waals surface area contributed by atoms with E-state index in [1.165, 1.54) is 13.2 Å². The first-order chi connectivity index (χ1) is 15.9. The predicted molar refractivity (Wildman–Crippen MR) is 127 cm³/mol. The minimum absolute atomic E-state index is 0.0174. The first-order valence-electron chi connectivity index (χ1n) is 11.1. The van der Waals surface area contributed by atoms with Crippen LogP contribution in [-0.4, -0.2) is 54.1 Å². The van der Waals surface area contributed by atoms with Gasteiger partial charge in [0, 0.05) is 11.6 Å². The van der Waals surface area contributed by atoms with Crippen LogP contribution in [0.4, 0.5) is 0 Å². The average molecular weight is 471 g/mol. The summed E-state index contributed by atoms with van der Waals surface area (Å²) >= 11 is 6.13. The highest BCUT2D eigenvalue weighted by molar-refractivity contribution is 6.31. The number of halogens is 1. The second-order valence-corrected chi connectivity index (χ2v) is 8.46. The van der Waals surface area contributed by atoms with Gasteiger partial charge in [-0.1, -0.05) is 31.5 Å². The summed E-state index contributed by atoms with van der Waals surface area (Å²) in [6, 6.07) is 9.00. The topological polar surface area (TPSA) is 83.2 Å². The average Bonchev–Trinajstić information content (AvgIpc) is 3.09. The zero-order chi connectivity index (χ0) is 23.7. The summed E-state index contributed by atoms with van der Waals surface area (Å²) in [5.74, 6) is -0.0221. The molecule has 2 heterocycles. The normalized spacial score (nSPS) is 15.5. The smallest absolute Gasteiger partial charge is 0.290 e. The number of methoxy groups -OCH3 is 1. The summed E-state index contributed by atoms with van der Waals surface area (Å²) in [5, 5.41) is 10.8. The number of aromatic hydroxyl groups is 1. The lowest BCUT2D eigenvalue weighted by molar-refractivity contribution is 0.0720. The van der Waals surface area contributed by atoms with Gasteiger partial charge >= 0.3 is 0 Å². The van der Waals surface area contributed by atoms with E-state index in [2.05, 4.69) is 18.7 Å². The van der Waals surface area contributed by atoms with E-state index >= 15 is 0 Å². The maximum Gasteiger partial charge on any atom is 0.290 e. The maximum atomic E-state index is 13.6. The number of benzene rings is 2. The van der Waals surface area contributed by atoms with E-state index < -0.39 is 6.04 Å². The molecule has 1 amide bonds. The van der Waals surface area contributed by atoms with Crippen LogP contribution in [0.5, 0.6) is 11.5 Å². The molecule has 0 spiro atoms. The van der Waals surface area contributed by atoms with Gasteiger partial charge in [-0.15, -0.1) is 0 Å². The summed E-state index contributed by atoms with van der Waals surface area (Å²) in [6.07, 6.45) is 0.743. The molecule has 0 saturated carbocycles. The fraction of sp³-hybridized carbons (Fsp3) is 0.360. The zero-order valence-corrected chi connectivity index (χ0v) is 19.7. The fourth-order valence-corrected chi connectivity index (χ4v) is 4.61. The van der Waals surface area contributed by atoms with Gasteiger partial charge in [0.2, 0.25) is 5.76 Å². The van der Waals surface area contributed by atoms with E-state index in [1.807, 2.05) is 0 Å². The van der Waals surface area contributed by atoms with E-state index in [0.717, 1.165) is 26.1 Å². The number of hydrogen-bond donors (Lipinski definition) is 1. The second-order valence-electron chi connectivity index (χ2n) is 8.03. The Hall–Kier alpha value is -3.03. The number of rotatable bonds is 8. The van der Waals surface area contributed by atoms with Crippen LogP contribution >= 0.6 is 11.6 Å². The summed E-state index contributed by atoms with van der Waals surface area (Å²) in [6.45, 7) is 7.34. The predicted octanol–water partition coefficient (Wildman–Crippen LogP) is 4.44. The standard InChI is InChI=1S/C25H27ClN2O5/c1-4-27(5-2)11-6-12-28-22(15-7-9-18(29)20(13-15)32-3)21-23(30)17-14-16(26)8-10-19(17)33-24(21)25(28)31/h7-10,13-14,22,29H,4-6,11-12H2,1-3H3/t22-/m1/s1. The SMILES string of the molecule is CCN(CC)CCCN1C(=O)c2oc3ccc(Cl)cc3c(=O)c2[C@H]1c1ccc(O)c(OC)c1. The first-order valence-corrected chi connectivity index (χ1v) is 11.4. The Morgan fingerprint density at radius 2 is 1.91 bits per heavy atom. The number of hydrogen-bond acceptors (Lipinski definition) is 6. The number of phenols is 1. The number of amides is 1. The maximum absolute atomic E-state index is 13.6. The van der Waals surface area contributed by atoms with Gasteiger partial charge in [0.25, 0.3) is 5.91 Å². The molecule has 1 aliphatic rings.